The fraction of sp³-hybridized carbons (Fsp3) is 0.423. The van der Waals surface area contributed by atoms with E-state index in [1.165, 1.54) is 29.7 Å². The minimum absolute atomic E-state index is 0.125. The Bertz CT molecular complexity index is 1380. The maximum atomic E-state index is 13.5. The maximum Gasteiger partial charge on any atom is 0.271 e. The molecule has 10 nitrogen and oxygen atoms in total. The number of likely N-dealkylation sites (tertiary alicyclic amines) is 1. The van der Waals surface area contributed by atoms with Crippen molar-refractivity contribution in [1.29, 1.82) is 0 Å². The third-order valence-electron chi connectivity index (χ3n) is 6.45. The van der Waals surface area contributed by atoms with Gasteiger partial charge in [0.15, 0.2) is 0 Å². The number of unbranched alkanes of at least 4 members (excludes halogenated alkanes) is 1. The molecule has 0 spiro atoms. The third kappa shape index (κ3) is 7.13. The molecular weight excluding hydrogens is 558 g/mol. The lowest BCUT2D eigenvalue weighted by atomic mass is 10.1. The molecular formula is C26H32ClN7O3S2. The first-order valence-corrected chi connectivity index (χ1v) is 14.7. The summed E-state index contributed by atoms with van der Waals surface area (Å²) in [6.45, 7) is 2.69. The van der Waals surface area contributed by atoms with Crippen molar-refractivity contribution in [2.45, 2.75) is 50.7 Å². The van der Waals surface area contributed by atoms with E-state index in [4.69, 9.17) is 23.1 Å². The normalized spacial score (nSPS) is 18.4. The first kappa shape index (κ1) is 28.9. The van der Waals surface area contributed by atoms with Gasteiger partial charge in [0.2, 0.25) is 5.91 Å². The number of rotatable bonds is 10. The van der Waals surface area contributed by atoms with Crippen molar-refractivity contribution in [3.63, 3.8) is 0 Å². The average Bonchev–Trinajstić information content (AvgIpc) is 3.64. The molecule has 39 heavy (non-hydrogen) atoms. The van der Waals surface area contributed by atoms with Crippen LogP contribution in [0.3, 0.4) is 0 Å². The molecule has 4 rings (SSSR count). The summed E-state index contributed by atoms with van der Waals surface area (Å²) in [4.78, 5) is 49.9. The number of nitrogens with one attached hydrogen (secondary N) is 2. The van der Waals surface area contributed by atoms with Gasteiger partial charge in [-0.1, -0.05) is 11.6 Å². The van der Waals surface area contributed by atoms with E-state index in [9.17, 15) is 14.4 Å². The molecule has 2 aromatic heterocycles. The summed E-state index contributed by atoms with van der Waals surface area (Å²) >= 11 is 8.83. The van der Waals surface area contributed by atoms with Crippen LogP contribution in [0.1, 0.15) is 63.8 Å². The van der Waals surface area contributed by atoms with Gasteiger partial charge in [-0.05, 0) is 62.3 Å². The molecule has 3 amide bonds. The summed E-state index contributed by atoms with van der Waals surface area (Å²) in [6, 6.07) is 6.15. The summed E-state index contributed by atoms with van der Waals surface area (Å²) in [5.74, 6) is -0.327. The number of aromatic nitrogens is 1. The lowest BCUT2D eigenvalue weighted by Crippen LogP contribution is -2.45. The number of thiophene rings is 1. The Balaban J connectivity index is 1.44. The van der Waals surface area contributed by atoms with Crippen molar-refractivity contribution in [2.24, 2.45) is 16.5 Å². The number of carbonyl (C=O) groups excluding carboxylic acids is 3. The van der Waals surface area contributed by atoms with Crippen LogP contribution in [-0.2, 0) is 4.79 Å². The number of amides is 3. The summed E-state index contributed by atoms with van der Waals surface area (Å²) in [5, 5.41) is 9.21. The topological polar surface area (TPSA) is 156 Å². The van der Waals surface area contributed by atoms with Crippen LogP contribution < -0.4 is 22.1 Å². The summed E-state index contributed by atoms with van der Waals surface area (Å²) in [7, 11) is 1.53. The number of nitrogens with two attached hydrogens (primary N) is 2. The molecule has 3 atom stereocenters. The molecule has 1 saturated heterocycles. The summed E-state index contributed by atoms with van der Waals surface area (Å²) in [5.41, 5.74) is 12.0. The van der Waals surface area contributed by atoms with E-state index in [0.717, 1.165) is 16.5 Å². The average molecular weight is 590 g/mol. The smallest absolute Gasteiger partial charge is 0.271 e. The number of likely N-dealkylation sites (N-methyl/N-ethyl adjacent to an activating group) is 1. The van der Waals surface area contributed by atoms with E-state index in [1.807, 2.05) is 18.2 Å². The van der Waals surface area contributed by atoms with Crippen LogP contribution in [0.2, 0.25) is 5.02 Å². The van der Waals surface area contributed by atoms with Crippen LogP contribution in [0.5, 0.6) is 0 Å². The van der Waals surface area contributed by atoms with Crippen LogP contribution in [0, 0.1) is 0 Å². The van der Waals surface area contributed by atoms with E-state index in [-0.39, 0.29) is 29.6 Å². The Morgan fingerprint density at radius 2 is 2.08 bits per heavy atom. The standard InChI is InChI=1S/C26H32ClN7O3S2/c1-14(28)31-8-4-3-5-18(23(35)30-2)32-24(36)19-13-38-25(33-19)20-11-17(29)12-34(20)26(37)22-10-15-9-16(27)6-7-21(15)39-22/h6-7,9-10,13,17-18,20H,3-5,8,11-12,29H2,1-2H3,(H2,28,31)(H,30,35)(H,32,36)/t17-,18+,20+/m1/s1. The Morgan fingerprint density at radius 3 is 2.82 bits per heavy atom. The second kappa shape index (κ2) is 12.9. The van der Waals surface area contributed by atoms with Gasteiger partial charge in [0.25, 0.3) is 11.8 Å². The van der Waals surface area contributed by atoms with Gasteiger partial charge in [-0.3, -0.25) is 19.4 Å². The zero-order chi connectivity index (χ0) is 28.1. The molecule has 0 aliphatic carbocycles. The van der Waals surface area contributed by atoms with Gasteiger partial charge in [-0.15, -0.1) is 22.7 Å². The Morgan fingerprint density at radius 1 is 1.28 bits per heavy atom. The predicted octanol–water partition coefficient (Wildman–Crippen LogP) is 3.32. The van der Waals surface area contributed by atoms with Gasteiger partial charge in [0.05, 0.1) is 16.8 Å². The zero-order valence-electron chi connectivity index (χ0n) is 21.8. The second-order valence-electron chi connectivity index (χ2n) is 9.49. The van der Waals surface area contributed by atoms with Crippen molar-refractivity contribution < 1.29 is 14.4 Å². The van der Waals surface area contributed by atoms with Crippen LogP contribution in [-0.4, -0.2) is 65.7 Å². The third-order valence-corrected chi connectivity index (χ3v) is 8.74. The lowest BCUT2D eigenvalue weighted by molar-refractivity contribution is -0.122. The van der Waals surface area contributed by atoms with Crippen LogP contribution in [0.4, 0.5) is 0 Å². The van der Waals surface area contributed by atoms with E-state index < -0.39 is 11.9 Å². The number of amidine groups is 1. The Kier molecular flexibility index (Phi) is 9.54. The molecule has 0 saturated carbocycles. The maximum absolute atomic E-state index is 13.5. The lowest BCUT2D eigenvalue weighted by Gasteiger charge is -2.22. The molecule has 1 fully saturated rings. The van der Waals surface area contributed by atoms with Gasteiger partial charge < -0.3 is 27.0 Å². The minimum atomic E-state index is -0.699. The number of fused-ring (bicyclic) bond motifs is 1. The number of aliphatic imine (C=N–C) groups is 1. The first-order valence-electron chi connectivity index (χ1n) is 12.7. The molecule has 13 heteroatoms. The van der Waals surface area contributed by atoms with E-state index >= 15 is 0 Å². The predicted molar refractivity (Wildman–Crippen MR) is 157 cm³/mol. The van der Waals surface area contributed by atoms with Gasteiger partial charge in [0, 0.05) is 41.3 Å². The van der Waals surface area contributed by atoms with Crippen molar-refractivity contribution in [1.82, 2.24) is 20.5 Å². The Hall–Kier alpha value is -3.06. The summed E-state index contributed by atoms with van der Waals surface area (Å²) < 4.78 is 0.976. The highest BCUT2D eigenvalue weighted by atomic mass is 35.5. The van der Waals surface area contributed by atoms with Crippen LogP contribution in [0.25, 0.3) is 10.1 Å². The van der Waals surface area contributed by atoms with Gasteiger partial charge in [-0.25, -0.2) is 4.98 Å². The molecule has 208 valence electrons. The highest BCUT2D eigenvalue weighted by Gasteiger charge is 2.37. The number of hydrogen-bond acceptors (Lipinski definition) is 8. The van der Waals surface area contributed by atoms with Crippen molar-refractivity contribution in [3.05, 3.63) is 50.2 Å². The van der Waals surface area contributed by atoms with E-state index in [1.54, 1.807) is 23.3 Å². The van der Waals surface area contributed by atoms with Gasteiger partial charge in [-0.2, -0.15) is 0 Å². The van der Waals surface area contributed by atoms with Crippen molar-refractivity contribution in [3.8, 4) is 0 Å². The van der Waals surface area contributed by atoms with Crippen molar-refractivity contribution in [2.75, 3.05) is 20.1 Å². The van der Waals surface area contributed by atoms with Gasteiger partial charge >= 0.3 is 0 Å². The van der Waals surface area contributed by atoms with Crippen molar-refractivity contribution >= 4 is 67.9 Å². The highest BCUT2D eigenvalue weighted by molar-refractivity contribution is 7.20. The SMILES string of the molecule is CNC(=O)[C@H](CCCCN=C(C)N)NC(=O)c1csc([C@@H]2C[C@@H](N)CN2C(=O)c2cc3cc(Cl)ccc3s2)n1. The van der Waals surface area contributed by atoms with Gasteiger partial charge in [0.1, 0.15) is 16.7 Å². The zero-order valence-corrected chi connectivity index (χ0v) is 24.2. The fourth-order valence-corrected chi connectivity index (χ4v) is 6.63. The molecule has 0 bridgehead atoms. The number of thiazole rings is 1. The highest BCUT2D eigenvalue weighted by Crippen LogP contribution is 2.37. The minimum Gasteiger partial charge on any atom is -0.388 e. The number of nitrogens with zero attached hydrogens (tertiary/aromatic N) is 3. The quantitative estimate of drug-likeness (QED) is 0.161. The number of carbonyl (C=O) groups is 3. The molecule has 0 radical (unpaired) electrons. The van der Waals surface area contributed by atoms with Crippen LogP contribution in [0.15, 0.2) is 34.6 Å². The summed E-state index contributed by atoms with van der Waals surface area (Å²) in [6.07, 6.45) is 2.44. The fourth-order valence-electron chi connectivity index (χ4n) is 4.52. The molecule has 3 heterocycles. The molecule has 1 aliphatic rings. The number of halogens is 1. The van der Waals surface area contributed by atoms with E-state index in [0.29, 0.717) is 53.1 Å². The molecule has 1 aliphatic heterocycles. The molecule has 0 unspecified atom stereocenters. The largest absolute Gasteiger partial charge is 0.388 e. The van der Waals surface area contributed by atoms with Crippen LogP contribution >= 0.6 is 34.3 Å². The number of benzene rings is 1. The molecule has 3 aromatic rings. The monoisotopic (exact) mass is 589 g/mol. The Labute approximate surface area is 239 Å². The first-order chi connectivity index (χ1) is 18.7. The molecule has 6 N–H and O–H groups in total. The molecule has 1 aromatic carbocycles. The van der Waals surface area contributed by atoms with E-state index in [2.05, 4.69) is 20.6 Å². The second-order valence-corrected chi connectivity index (χ2v) is 11.9. The number of hydrogen-bond donors (Lipinski definition) is 4.